The van der Waals surface area contributed by atoms with Crippen molar-refractivity contribution in [1.82, 2.24) is 0 Å². The fourth-order valence-corrected chi connectivity index (χ4v) is 5.23. The van der Waals surface area contributed by atoms with Crippen LogP contribution in [-0.2, 0) is 51.1 Å². The summed E-state index contributed by atoms with van der Waals surface area (Å²) in [5, 5.41) is 0. The van der Waals surface area contributed by atoms with Crippen molar-refractivity contribution in [3.8, 4) is 0 Å². The highest BCUT2D eigenvalue weighted by Gasteiger charge is 2.45. The second kappa shape index (κ2) is 8.52. The van der Waals surface area contributed by atoms with Crippen molar-refractivity contribution in [2.24, 2.45) is 5.73 Å². The number of hydrogen-bond acceptors (Lipinski definition) is 11. The van der Waals surface area contributed by atoms with Gasteiger partial charge in [0.15, 0.2) is 11.5 Å². The Hall–Kier alpha value is -2.81. The molecule has 0 fully saturated rings. The summed E-state index contributed by atoms with van der Waals surface area (Å²) in [5.41, 5.74) is 5.21. The molecule has 0 radical (unpaired) electrons. The zero-order chi connectivity index (χ0) is 24.9. The van der Waals surface area contributed by atoms with Gasteiger partial charge in [-0.15, -0.1) is 0 Å². The number of allylic oxidation sites excluding steroid dienone is 2. The van der Waals surface area contributed by atoms with Gasteiger partial charge in [0, 0.05) is 23.1 Å². The van der Waals surface area contributed by atoms with Crippen LogP contribution in [0.1, 0.15) is 50.4 Å². The van der Waals surface area contributed by atoms with Crippen molar-refractivity contribution in [3.63, 3.8) is 0 Å². The Morgan fingerprint density at radius 3 is 2.21 bits per heavy atom. The lowest BCUT2D eigenvalue weighted by Gasteiger charge is -2.24. The predicted molar refractivity (Wildman–Crippen MR) is 111 cm³/mol. The summed E-state index contributed by atoms with van der Waals surface area (Å²) in [7, 11) is -7.00. The van der Waals surface area contributed by atoms with Crippen LogP contribution in [0.4, 0.5) is 4.79 Å². The number of primary amides is 1. The van der Waals surface area contributed by atoms with Crippen LogP contribution in [0.5, 0.6) is 0 Å². The average Bonchev–Trinajstić information content (AvgIpc) is 2.99. The molecular weight excluding hydrogens is 482 g/mol. The number of hydrogen-bond donors (Lipinski definition) is 1. The van der Waals surface area contributed by atoms with Gasteiger partial charge in [-0.2, -0.15) is 16.8 Å². The van der Waals surface area contributed by atoms with Crippen LogP contribution >= 0.6 is 0 Å². The third-order valence-electron chi connectivity index (χ3n) is 5.10. The summed E-state index contributed by atoms with van der Waals surface area (Å²) in [4.78, 5) is 37.3. The molecule has 1 aromatic carbocycles. The molecule has 180 valence electrons. The fraction of sp³-hybridized carbons (Fsp3) is 0.421. The van der Waals surface area contributed by atoms with Crippen LogP contribution in [0.3, 0.4) is 0 Å². The van der Waals surface area contributed by atoms with Crippen molar-refractivity contribution in [2.75, 3.05) is 19.6 Å². The van der Waals surface area contributed by atoms with Crippen LogP contribution in [-0.4, -0.2) is 60.2 Å². The number of fused-ring (bicyclic) bond motifs is 3. The van der Waals surface area contributed by atoms with Gasteiger partial charge in [-0.05, 0) is 29.7 Å². The lowest BCUT2D eigenvalue weighted by atomic mass is 9.82. The van der Waals surface area contributed by atoms with E-state index in [1.807, 2.05) is 0 Å². The molecule has 0 aliphatic heterocycles. The number of ketones is 2. The molecule has 2 N–H and O–H groups in total. The van der Waals surface area contributed by atoms with Gasteiger partial charge >= 0.3 is 6.09 Å². The van der Waals surface area contributed by atoms with Crippen molar-refractivity contribution < 1.29 is 49.1 Å². The lowest BCUT2D eigenvalue weighted by Crippen LogP contribution is -2.26. The molecule has 14 heteroatoms. The Bertz CT molecular complexity index is 1310. The summed E-state index contributed by atoms with van der Waals surface area (Å²) in [6, 6.07) is 1.24. The van der Waals surface area contributed by atoms with Gasteiger partial charge in [0.2, 0.25) is 5.78 Å². The first-order valence-electron chi connectivity index (χ1n) is 9.36. The first kappa shape index (κ1) is 24.8. The number of benzene rings is 1. The average molecular weight is 504 g/mol. The van der Waals surface area contributed by atoms with Crippen LogP contribution in [0.15, 0.2) is 17.4 Å². The first-order valence-corrected chi connectivity index (χ1v) is 13.0. The molecule has 3 rings (SSSR count). The molecule has 33 heavy (non-hydrogen) atoms. The quantitative estimate of drug-likeness (QED) is 0.511. The minimum atomic E-state index is -4.14. The lowest BCUT2D eigenvalue weighted by molar-refractivity contribution is 0.0764. The SMILES string of the molecule is COC1=C(C)C(=O)c2c(cc(COC(N)=O)c3c2CC(OS(C)(=O)=O)C3OS(C)(=O)=O)C1=O. The van der Waals surface area contributed by atoms with Gasteiger partial charge < -0.3 is 15.2 Å². The third-order valence-corrected chi connectivity index (χ3v) is 6.25. The van der Waals surface area contributed by atoms with Crippen LogP contribution < -0.4 is 5.73 Å². The molecule has 2 unspecified atom stereocenters. The van der Waals surface area contributed by atoms with Gasteiger partial charge in [0.25, 0.3) is 20.2 Å². The largest absolute Gasteiger partial charge is 0.492 e. The second-order valence-electron chi connectivity index (χ2n) is 7.54. The minimum absolute atomic E-state index is 0.0198. The molecule has 0 heterocycles. The maximum Gasteiger partial charge on any atom is 0.404 e. The number of methoxy groups -OCH3 is 1. The Morgan fingerprint density at radius 1 is 1.09 bits per heavy atom. The van der Waals surface area contributed by atoms with E-state index >= 15 is 0 Å². The second-order valence-corrected chi connectivity index (χ2v) is 10.7. The molecule has 0 aromatic heterocycles. The standard InChI is InChI=1S/C19H21NO11S2/c1-8-15(21)14-10-6-12(30-32(3,24)25)18(31-33(4,26)27)13(10)9(7-29-19(20)23)5-11(14)16(22)17(8)28-2/h5,12,18H,6-7H2,1-4H3,(H2,20,23). The van der Waals surface area contributed by atoms with Crippen molar-refractivity contribution in [1.29, 1.82) is 0 Å². The predicted octanol–water partition coefficient (Wildman–Crippen LogP) is 0.500. The molecule has 2 atom stereocenters. The number of nitrogens with two attached hydrogens (primary N) is 1. The van der Waals surface area contributed by atoms with E-state index in [0.717, 1.165) is 12.5 Å². The fourth-order valence-electron chi connectivity index (χ4n) is 4.02. The molecule has 0 saturated heterocycles. The Kier molecular flexibility index (Phi) is 6.41. The number of Topliss-reactive ketones (excluding diaryl/α,β-unsaturated/α-hetero) is 2. The molecule has 1 amide bonds. The van der Waals surface area contributed by atoms with E-state index in [-0.39, 0.29) is 45.6 Å². The molecule has 2 aliphatic carbocycles. The summed E-state index contributed by atoms with van der Waals surface area (Å²) < 4.78 is 67.6. The maximum absolute atomic E-state index is 13.1. The monoisotopic (exact) mass is 503 g/mol. The molecule has 0 bridgehead atoms. The summed E-state index contributed by atoms with van der Waals surface area (Å²) >= 11 is 0. The Labute approximate surface area is 189 Å². The molecule has 2 aliphatic rings. The number of amides is 1. The van der Waals surface area contributed by atoms with E-state index in [2.05, 4.69) is 0 Å². The molecule has 0 spiro atoms. The number of carbonyl (C=O) groups is 3. The number of rotatable bonds is 7. The van der Waals surface area contributed by atoms with Gasteiger partial charge in [-0.1, -0.05) is 0 Å². The Balaban J connectivity index is 2.31. The van der Waals surface area contributed by atoms with E-state index < -0.39 is 56.7 Å². The number of carbonyl (C=O) groups excluding carboxylic acids is 3. The minimum Gasteiger partial charge on any atom is -0.492 e. The van der Waals surface area contributed by atoms with Gasteiger partial charge in [-0.25, -0.2) is 4.79 Å². The maximum atomic E-state index is 13.1. The highest BCUT2D eigenvalue weighted by Crippen LogP contribution is 2.45. The molecule has 0 saturated carbocycles. The highest BCUT2D eigenvalue weighted by molar-refractivity contribution is 7.86. The van der Waals surface area contributed by atoms with E-state index in [0.29, 0.717) is 0 Å². The molecule has 12 nitrogen and oxygen atoms in total. The molecule has 1 aromatic rings. The van der Waals surface area contributed by atoms with E-state index in [9.17, 15) is 31.2 Å². The summed E-state index contributed by atoms with van der Waals surface area (Å²) in [6.45, 7) is 0.884. The van der Waals surface area contributed by atoms with Crippen LogP contribution in [0.25, 0.3) is 0 Å². The van der Waals surface area contributed by atoms with Gasteiger partial charge in [-0.3, -0.25) is 18.0 Å². The van der Waals surface area contributed by atoms with E-state index in [1.54, 1.807) is 0 Å². The first-order chi connectivity index (χ1) is 15.1. The van der Waals surface area contributed by atoms with Gasteiger partial charge in [0.05, 0.1) is 19.6 Å². The van der Waals surface area contributed by atoms with Crippen molar-refractivity contribution in [2.45, 2.75) is 32.2 Å². The van der Waals surface area contributed by atoms with Crippen LogP contribution in [0, 0.1) is 0 Å². The van der Waals surface area contributed by atoms with Crippen molar-refractivity contribution >= 4 is 37.9 Å². The molecular formula is C19H21NO11S2. The normalized spacial score (nSPS) is 20.5. The summed E-state index contributed by atoms with van der Waals surface area (Å²) in [6.07, 6.45) is -2.78. The zero-order valence-electron chi connectivity index (χ0n) is 18.0. The van der Waals surface area contributed by atoms with Gasteiger partial charge in [0.1, 0.15) is 18.8 Å². The van der Waals surface area contributed by atoms with E-state index in [4.69, 9.17) is 23.6 Å². The third kappa shape index (κ3) is 4.93. The smallest absolute Gasteiger partial charge is 0.404 e. The highest BCUT2D eigenvalue weighted by atomic mass is 32.2. The van der Waals surface area contributed by atoms with Crippen LogP contribution in [0.2, 0.25) is 0 Å². The van der Waals surface area contributed by atoms with E-state index in [1.165, 1.54) is 20.1 Å². The summed E-state index contributed by atoms with van der Waals surface area (Å²) in [5.74, 6) is -1.38. The topological polar surface area (TPSA) is 182 Å². The zero-order valence-corrected chi connectivity index (χ0v) is 19.7. The number of ether oxygens (including phenoxy) is 2. The Morgan fingerprint density at radius 2 is 1.70 bits per heavy atom. The van der Waals surface area contributed by atoms with Crippen molar-refractivity contribution in [3.05, 3.63) is 45.2 Å².